The molecule has 2 aromatic rings. The summed E-state index contributed by atoms with van der Waals surface area (Å²) in [6.45, 7) is 0.717. The highest BCUT2D eigenvalue weighted by Crippen LogP contribution is 2.36. The van der Waals surface area contributed by atoms with Crippen LogP contribution in [-0.4, -0.2) is 41.1 Å². The van der Waals surface area contributed by atoms with E-state index in [2.05, 4.69) is 15.3 Å². The van der Waals surface area contributed by atoms with Gasteiger partial charge in [0.1, 0.15) is 6.33 Å². The van der Waals surface area contributed by atoms with Gasteiger partial charge in [-0.05, 0) is 37.1 Å². The Morgan fingerprint density at radius 1 is 1.23 bits per heavy atom. The molecule has 1 aliphatic heterocycles. The quantitative estimate of drug-likeness (QED) is 0.440. The monoisotopic (exact) mass is 425 g/mol. The van der Waals surface area contributed by atoms with Crippen molar-refractivity contribution >= 4 is 29.0 Å². The number of halogens is 3. The van der Waals surface area contributed by atoms with E-state index in [1.54, 1.807) is 4.90 Å². The number of carbonyl (C=O) groups excluding carboxylic acids is 1. The van der Waals surface area contributed by atoms with Crippen LogP contribution in [0.4, 0.5) is 36.2 Å². The van der Waals surface area contributed by atoms with Gasteiger partial charge in [0.2, 0.25) is 11.6 Å². The molecule has 3 rings (SSSR count). The van der Waals surface area contributed by atoms with Crippen LogP contribution >= 0.6 is 0 Å². The molecule has 1 aromatic carbocycles. The Hall–Kier alpha value is -3.44. The molecule has 0 radical (unpaired) electrons. The van der Waals surface area contributed by atoms with Gasteiger partial charge in [0.05, 0.1) is 23.5 Å². The molecule has 0 aliphatic carbocycles. The smallest absolute Gasteiger partial charge is 0.416 e. The molecule has 30 heavy (non-hydrogen) atoms. The van der Waals surface area contributed by atoms with Crippen LogP contribution in [0.5, 0.6) is 0 Å². The summed E-state index contributed by atoms with van der Waals surface area (Å²) in [4.78, 5) is 32.3. The van der Waals surface area contributed by atoms with Gasteiger partial charge in [-0.3, -0.25) is 14.9 Å². The summed E-state index contributed by atoms with van der Waals surface area (Å²) in [5, 5.41) is 14.4. The number of ether oxygens (including phenoxy) is 1. The van der Waals surface area contributed by atoms with Gasteiger partial charge < -0.3 is 15.0 Å². The van der Waals surface area contributed by atoms with Gasteiger partial charge in [-0.2, -0.15) is 13.2 Å². The highest BCUT2D eigenvalue weighted by atomic mass is 19.4. The Balaban J connectivity index is 1.83. The molecule has 1 fully saturated rings. The predicted molar refractivity (Wildman–Crippen MR) is 100 cm³/mol. The van der Waals surface area contributed by atoms with E-state index in [-0.39, 0.29) is 29.2 Å². The number of nitrogens with zero attached hydrogens (tertiary/aromatic N) is 4. The SMILES string of the molecule is COC(=O)C1CCN(c2ncnc(Nc3ccc(C(F)(F)F)cc3)c2[N+](=O)[O-])CC1. The minimum atomic E-state index is -4.48. The Bertz CT molecular complexity index is 928. The fraction of sp³-hybridized carbons (Fsp3) is 0.389. The molecule has 0 bridgehead atoms. The van der Waals surface area contributed by atoms with Gasteiger partial charge in [0.25, 0.3) is 0 Å². The number of piperidine rings is 1. The molecule has 1 aromatic heterocycles. The summed E-state index contributed by atoms with van der Waals surface area (Å²) in [5.74, 6) is -0.666. The predicted octanol–water partition coefficient (Wildman–Crippen LogP) is 3.54. The second-order valence-electron chi connectivity index (χ2n) is 6.64. The molecule has 1 N–H and O–H groups in total. The molecule has 9 nitrogen and oxygen atoms in total. The highest BCUT2D eigenvalue weighted by molar-refractivity contribution is 5.75. The van der Waals surface area contributed by atoms with Crippen molar-refractivity contribution in [1.82, 2.24) is 9.97 Å². The van der Waals surface area contributed by atoms with Gasteiger partial charge in [0, 0.05) is 18.8 Å². The molecule has 0 atom stereocenters. The molecule has 1 saturated heterocycles. The normalized spacial score (nSPS) is 15.0. The number of methoxy groups -OCH3 is 1. The summed E-state index contributed by atoms with van der Waals surface area (Å²) in [5.41, 5.74) is -1.02. The third-order valence-corrected chi connectivity index (χ3v) is 4.79. The molecule has 12 heteroatoms. The maximum atomic E-state index is 12.7. The number of hydrogen-bond acceptors (Lipinski definition) is 8. The minimum absolute atomic E-state index is 0.0766. The van der Waals surface area contributed by atoms with Gasteiger partial charge in [-0.1, -0.05) is 0 Å². The maximum Gasteiger partial charge on any atom is 0.416 e. The maximum absolute atomic E-state index is 12.7. The second-order valence-corrected chi connectivity index (χ2v) is 6.64. The summed E-state index contributed by atoms with van der Waals surface area (Å²) in [6, 6.07) is 4.06. The second kappa shape index (κ2) is 8.51. The van der Waals surface area contributed by atoms with E-state index >= 15 is 0 Å². The first-order chi connectivity index (χ1) is 14.2. The Kier molecular flexibility index (Phi) is 6.04. The number of benzene rings is 1. The van der Waals surface area contributed by atoms with E-state index in [0.717, 1.165) is 30.6 Å². The largest absolute Gasteiger partial charge is 0.469 e. The third-order valence-electron chi connectivity index (χ3n) is 4.79. The zero-order valence-electron chi connectivity index (χ0n) is 15.8. The third kappa shape index (κ3) is 4.58. The van der Waals surface area contributed by atoms with Crippen LogP contribution in [0.15, 0.2) is 30.6 Å². The van der Waals surface area contributed by atoms with Crippen molar-refractivity contribution in [3.8, 4) is 0 Å². The van der Waals surface area contributed by atoms with Gasteiger partial charge in [-0.25, -0.2) is 9.97 Å². The Labute approximate surface area is 169 Å². The molecule has 160 valence electrons. The fourth-order valence-electron chi connectivity index (χ4n) is 3.23. The summed E-state index contributed by atoms with van der Waals surface area (Å²) in [7, 11) is 1.31. The standard InChI is InChI=1S/C18H18F3N5O4/c1-30-17(27)11-6-8-25(9-7-11)16-14(26(28)29)15(22-10-23-16)24-13-4-2-12(3-5-13)18(19,20)21/h2-5,10-11H,6-9H2,1H3,(H,22,23,24). The van der Waals surface area contributed by atoms with Crippen molar-refractivity contribution in [3.63, 3.8) is 0 Å². The lowest BCUT2D eigenvalue weighted by Crippen LogP contribution is -2.37. The number of rotatable bonds is 5. The van der Waals surface area contributed by atoms with Crippen molar-refractivity contribution in [3.05, 3.63) is 46.3 Å². The fourth-order valence-corrected chi connectivity index (χ4v) is 3.23. The van der Waals surface area contributed by atoms with Crippen LogP contribution in [0.1, 0.15) is 18.4 Å². The Morgan fingerprint density at radius 2 is 1.87 bits per heavy atom. The van der Waals surface area contributed by atoms with E-state index in [4.69, 9.17) is 4.74 Å². The van der Waals surface area contributed by atoms with Gasteiger partial charge in [-0.15, -0.1) is 0 Å². The van der Waals surface area contributed by atoms with Crippen molar-refractivity contribution < 1.29 is 27.6 Å². The first-order valence-electron chi connectivity index (χ1n) is 8.97. The van der Waals surface area contributed by atoms with E-state index < -0.39 is 22.4 Å². The van der Waals surface area contributed by atoms with E-state index in [9.17, 15) is 28.1 Å². The molecule has 0 amide bonds. The Morgan fingerprint density at radius 3 is 2.40 bits per heavy atom. The zero-order valence-corrected chi connectivity index (χ0v) is 15.8. The number of hydrogen-bond donors (Lipinski definition) is 1. The molecular formula is C18H18F3N5O4. The number of aromatic nitrogens is 2. The molecule has 0 saturated carbocycles. The molecule has 2 heterocycles. The van der Waals surface area contributed by atoms with Crippen LogP contribution in [0.3, 0.4) is 0 Å². The average Bonchev–Trinajstić information content (AvgIpc) is 2.72. The van der Waals surface area contributed by atoms with E-state index in [0.29, 0.717) is 25.9 Å². The summed E-state index contributed by atoms with van der Waals surface area (Å²) < 4.78 is 42.9. The summed E-state index contributed by atoms with van der Waals surface area (Å²) in [6.07, 6.45) is -2.44. The van der Waals surface area contributed by atoms with Crippen molar-refractivity contribution in [2.45, 2.75) is 19.0 Å². The van der Waals surface area contributed by atoms with Crippen molar-refractivity contribution in [2.24, 2.45) is 5.92 Å². The topological polar surface area (TPSA) is 110 Å². The van der Waals surface area contributed by atoms with Crippen LogP contribution in [-0.2, 0) is 15.7 Å². The lowest BCUT2D eigenvalue weighted by molar-refractivity contribution is -0.383. The van der Waals surface area contributed by atoms with Crippen LogP contribution in [0.2, 0.25) is 0 Å². The highest BCUT2D eigenvalue weighted by Gasteiger charge is 2.33. The van der Waals surface area contributed by atoms with Gasteiger partial charge >= 0.3 is 17.8 Å². The lowest BCUT2D eigenvalue weighted by atomic mass is 9.97. The van der Waals surface area contributed by atoms with Crippen molar-refractivity contribution in [2.75, 3.05) is 30.4 Å². The van der Waals surface area contributed by atoms with Gasteiger partial charge in [0.15, 0.2) is 0 Å². The molecule has 0 unspecified atom stereocenters. The number of nitrogens with one attached hydrogen (secondary N) is 1. The zero-order chi connectivity index (χ0) is 21.9. The number of alkyl halides is 3. The number of esters is 1. The minimum Gasteiger partial charge on any atom is -0.469 e. The van der Waals surface area contributed by atoms with E-state index in [1.165, 1.54) is 7.11 Å². The molecular weight excluding hydrogens is 407 g/mol. The average molecular weight is 425 g/mol. The molecule has 1 aliphatic rings. The first kappa shape index (κ1) is 21.3. The van der Waals surface area contributed by atoms with Crippen LogP contribution in [0, 0.1) is 16.0 Å². The first-order valence-corrected chi connectivity index (χ1v) is 8.97. The number of anilines is 3. The van der Waals surface area contributed by atoms with Crippen molar-refractivity contribution in [1.29, 1.82) is 0 Å². The van der Waals surface area contributed by atoms with E-state index in [1.807, 2.05) is 0 Å². The molecule has 0 spiro atoms. The number of carbonyl (C=O) groups is 1. The lowest BCUT2D eigenvalue weighted by Gasteiger charge is -2.31. The number of nitro groups is 1. The van der Waals surface area contributed by atoms with Crippen LogP contribution in [0.25, 0.3) is 0 Å². The summed E-state index contributed by atoms with van der Waals surface area (Å²) >= 11 is 0. The van der Waals surface area contributed by atoms with Crippen LogP contribution < -0.4 is 10.2 Å².